The minimum absolute atomic E-state index is 0.471. The third-order valence-corrected chi connectivity index (χ3v) is 2.18. The molecular weight excluding hydrogens is 191 g/mol. The SMILES string of the molecule is Cc1cn(-c2cccc(B(O)O)c2)cn1. The highest BCUT2D eigenvalue weighted by atomic mass is 16.4. The maximum atomic E-state index is 9.03. The molecule has 0 amide bonds. The normalized spacial score (nSPS) is 10.3. The molecule has 15 heavy (non-hydrogen) atoms. The number of hydrogen-bond donors (Lipinski definition) is 2. The van der Waals surface area contributed by atoms with E-state index in [2.05, 4.69) is 4.98 Å². The van der Waals surface area contributed by atoms with Crippen LogP contribution in [0.3, 0.4) is 0 Å². The third kappa shape index (κ3) is 2.08. The predicted octanol–water partition coefficient (Wildman–Crippen LogP) is -0.139. The van der Waals surface area contributed by atoms with Crippen LogP contribution < -0.4 is 5.46 Å². The van der Waals surface area contributed by atoms with Crippen LogP contribution in [0.2, 0.25) is 0 Å². The van der Waals surface area contributed by atoms with Gasteiger partial charge in [-0.3, -0.25) is 0 Å². The Balaban J connectivity index is 2.41. The van der Waals surface area contributed by atoms with E-state index in [0.717, 1.165) is 11.4 Å². The number of benzene rings is 1. The average molecular weight is 202 g/mol. The van der Waals surface area contributed by atoms with E-state index in [1.807, 2.05) is 23.8 Å². The van der Waals surface area contributed by atoms with E-state index in [9.17, 15) is 0 Å². The maximum Gasteiger partial charge on any atom is 0.488 e. The second-order valence-electron chi connectivity index (χ2n) is 3.39. The molecule has 2 aromatic rings. The number of rotatable bonds is 2. The van der Waals surface area contributed by atoms with Crippen molar-refractivity contribution in [2.75, 3.05) is 0 Å². The fourth-order valence-corrected chi connectivity index (χ4v) is 1.41. The van der Waals surface area contributed by atoms with Crippen molar-refractivity contribution in [2.24, 2.45) is 0 Å². The predicted molar refractivity (Wildman–Crippen MR) is 58.1 cm³/mol. The van der Waals surface area contributed by atoms with Gasteiger partial charge in [-0.25, -0.2) is 4.98 Å². The summed E-state index contributed by atoms with van der Waals surface area (Å²) in [6.45, 7) is 1.90. The molecule has 0 unspecified atom stereocenters. The standard InChI is InChI=1S/C10H11BN2O2/c1-8-6-13(7-12-8)10-4-2-3-9(5-10)11(14)15/h2-7,14-15H,1H3. The van der Waals surface area contributed by atoms with Gasteiger partial charge in [0.15, 0.2) is 0 Å². The highest BCUT2D eigenvalue weighted by Crippen LogP contribution is 2.06. The molecule has 0 atom stereocenters. The fraction of sp³-hybridized carbons (Fsp3) is 0.100. The topological polar surface area (TPSA) is 58.3 Å². The van der Waals surface area contributed by atoms with Crippen molar-refractivity contribution in [2.45, 2.75) is 6.92 Å². The van der Waals surface area contributed by atoms with Gasteiger partial charge in [0.25, 0.3) is 0 Å². The van der Waals surface area contributed by atoms with Gasteiger partial charge < -0.3 is 14.6 Å². The van der Waals surface area contributed by atoms with E-state index in [0.29, 0.717) is 5.46 Å². The van der Waals surface area contributed by atoms with Crippen molar-refractivity contribution in [3.05, 3.63) is 42.5 Å². The van der Waals surface area contributed by atoms with Gasteiger partial charge in [0.2, 0.25) is 0 Å². The minimum atomic E-state index is -1.44. The van der Waals surface area contributed by atoms with Crippen LogP contribution in [0.25, 0.3) is 5.69 Å². The molecule has 0 bridgehead atoms. The summed E-state index contributed by atoms with van der Waals surface area (Å²) >= 11 is 0. The molecule has 4 nitrogen and oxygen atoms in total. The first-order valence-electron chi connectivity index (χ1n) is 4.64. The first-order valence-corrected chi connectivity index (χ1v) is 4.64. The van der Waals surface area contributed by atoms with E-state index in [-0.39, 0.29) is 0 Å². The van der Waals surface area contributed by atoms with Gasteiger partial charge in [-0.05, 0) is 24.5 Å². The van der Waals surface area contributed by atoms with Gasteiger partial charge in [-0.15, -0.1) is 0 Å². The highest BCUT2D eigenvalue weighted by molar-refractivity contribution is 6.58. The van der Waals surface area contributed by atoms with Crippen LogP contribution in [0.4, 0.5) is 0 Å². The molecule has 2 N–H and O–H groups in total. The zero-order valence-electron chi connectivity index (χ0n) is 8.33. The second kappa shape index (κ2) is 3.88. The Bertz CT molecular complexity index is 468. The summed E-state index contributed by atoms with van der Waals surface area (Å²) in [5.41, 5.74) is 2.25. The lowest BCUT2D eigenvalue weighted by Crippen LogP contribution is -2.29. The number of aryl methyl sites for hydroxylation is 1. The van der Waals surface area contributed by atoms with Crippen LogP contribution >= 0.6 is 0 Å². The molecule has 0 spiro atoms. The lowest BCUT2D eigenvalue weighted by Gasteiger charge is -2.04. The lowest BCUT2D eigenvalue weighted by atomic mass is 9.80. The fourth-order valence-electron chi connectivity index (χ4n) is 1.41. The number of nitrogens with zero attached hydrogens (tertiary/aromatic N) is 2. The third-order valence-electron chi connectivity index (χ3n) is 2.18. The van der Waals surface area contributed by atoms with Gasteiger partial charge in [0.05, 0.1) is 12.0 Å². The Morgan fingerprint density at radius 1 is 1.33 bits per heavy atom. The largest absolute Gasteiger partial charge is 0.488 e. The summed E-state index contributed by atoms with van der Waals surface area (Å²) in [6, 6.07) is 7.04. The van der Waals surface area contributed by atoms with E-state index in [4.69, 9.17) is 10.0 Å². The zero-order chi connectivity index (χ0) is 10.8. The maximum absolute atomic E-state index is 9.03. The van der Waals surface area contributed by atoms with Gasteiger partial charge in [0, 0.05) is 11.9 Å². The van der Waals surface area contributed by atoms with E-state index >= 15 is 0 Å². The van der Waals surface area contributed by atoms with Gasteiger partial charge in [-0.2, -0.15) is 0 Å². The molecule has 1 heterocycles. The summed E-state index contributed by atoms with van der Waals surface area (Å²) in [4.78, 5) is 4.11. The van der Waals surface area contributed by atoms with Crippen molar-refractivity contribution in [3.8, 4) is 5.69 Å². The lowest BCUT2D eigenvalue weighted by molar-refractivity contribution is 0.426. The van der Waals surface area contributed by atoms with Crippen molar-refractivity contribution in [3.63, 3.8) is 0 Å². The summed E-state index contributed by atoms with van der Waals surface area (Å²) in [5.74, 6) is 0. The summed E-state index contributed by atoms with van der Waals surface area (Å²) < 4.78 is 1.83. The van der Waals surface area contributed by atoms with Crippen LogP contribution in [0.5, 0.6) is 0 Å². The summed E-state index contributed by atoms with van der Waals surface area (Å²) in [6.07, 6.45) is 3.57. The van der Waals surface area contributed by atoms with Crippen LogP contribution in [0, 0.1) is 6.92 Å². The van der Waals surface area contributed by atoms with Crippen molar-refractivity contribution in [1.29, 1.82) is 0 Å². The zero-order valence-corrected chi connectivity index (χ0v) is 8.33. The molecule has 1 aromatic heterocycles. The van der Waals surface area contributed by atoms with Crippen LogP contribution in [0.1, 0.15) is 5.69 Å². The van der Waals surface area contributed by atoms with Gasteiger partial charge in [-0.1, -0.05) is 12.1 Å². The number of hydrogen-bond acceptors (Lipinski definition) is 3. The Kier molecular flexibility index (Phi) is 2.57. The Morgan fingerprint density at radius 2 is 2.13 bits per heavy atom. The first-order chi connectivity index (χ1) is 7.16. The summed E-state index contributed by atoms with van der Waals surface area (Å²) in [7, 11) is -1.44. The minimum Gasteiger partial charge on any atom is -0.423 e. The molecule has 0 fully saturated rings. The monoisotopic (exact) mass is 202 g/mol. The van der Waals surface area contributed by atoms with E-state index in [1.54, 1.807) is 24.5 Å². The van der Waals surface area contributed by atoms with Gasteiger partial charge >= 0.3 is 7.12 Å². The summed E-state index contributed by atoms with van der Waals surface area (Å²) in [5, 5.41) is 18.1. The molecule has 76 valence electrons. The molecule has 2 rings (SSSR count). The van der Waals surface area contributed by atoms with Crippen molar-refractivity contribution >= 4 is 12.6 Å². The Labute approximate surface area is 88.0 Å². The number of aromatic nitrogens is 2. The quantitative estimate of drug-likeness (QED) is 0.666. The molecule has 0 aliphatic rings. The number of imidazole rings is 1. The Morgan fingerprint density at radius 3 is 2.73 bits per heavy atom. The molecule has 5 heteroatoms. The van der Waals surface area contributed by atoms with E-state index in [1.165, 1.54) is 0 Å². The molecule has 0 radical (unpaired) electrons. The smallest absolute Gasteiger partial charge is 0.423 e. The molecule has 1 aromatic carbocycles. The van der Waals surface area contributed by atoms with Crippen LogP contribution in [-0.4, -0.2) is 26.7 Å². The Hall–Kier alpha value is -1.59. The average Bonchev–Trinajstić information content (AvgIpc) is 2.65. The van der Waals surface area contributed by atoms with Crippen LogP contribution in [-0.2, 0) is 0 Å². The molecular formula is C10H11BN2O2. The molecule has 0 aliphatic carbocycles. The highest BCUT2D eigenvalue weighted by Gasteiger charge is 2.11. The molecule has 0 saturated carbocycles. The van der Waals surface area contributed by atoms with E-state index < -0.39 is 7.12 Å². The van der Waals surface area contributed by atoms with Crippen molar-refractivity contribution < 1.29 is 10.0 Å². The molecule has 0 aliphatic heterocycles. The van der Waals surface area contributed by atoms with Gasteiger partial charge in [0.1, 0.15) is 0 Å². The van der Waals surface area contributed by atoms with Crippen molar-refractivity contribution in [1.82, 2.24) is 9.55 Å². The van der Waals surface area contributed by atoms with Crippen LogP contribution in [0.15, 0.2) is 36.8 Å². The second-order valence-corrected chi connectivity index (χ2v) is 3.39. The molecule has 0 saturated heterocycles. The first kappa shape index (κ1) is 9.95.